The van der Waals surface area contributed by atoms with Crippen molar-refractivity contribution in [3.63, 3.8) is 0 Å². The van der Waals surface area contributed by atoms with Gasteiger partial charge in [0.1, 0.15) is 11.9 Å². The van der Waals surface area contributed by atoms with Crippen LogP contribution < -0.4 is 10.5 Å². The monoisotopic (exact) mass is 239 g/mol. The molecule has 0 aromatic heterocycles. The Hall–Kier alpha value is -0.730. The van der Waals surface area contributed by atoms with Crippen molar-refractivity contribution in [3.8, 4) is 5.75 Å². The second-order valence-electron chi connectivity index (χ2n) is 4.52. The second-order valence-corrected chi connectivity index (χ2v) is 4.92. The highest BCUT2D eigenvalue weighted by Gasteiger charge is 2.28. The van der Waals surface area contributed by atoms with Gasteiger partial charge in [-0.15, -0.1) is 0 Å². The predicted molar refractivity (Wildman–Crippen MR) is 67.0 cm³/mol. The highest BCUT2D eigenvalue weighted by atomic mass is 35.5. The molecule has 1 aliphatic rings. The van der Waals surface area contributed by atoms with Crippen LogP contribution >= 0.6 is 11.6 Å². The van der Waals surface area contributed by atoms with Crippen molar-refractivity contribution in [1.82, 2.24) is 0 Å². The van der Waals surface area contributed by atoms with E-state index >= 15 is 0 Å². The molecule has 1 aromatic rings. The maximum atomic E-state index is 6.11. The zero-order chi connectivity index (χ0) is 11.5. The smallest absolute Gasteiger partial charge is 0.138 e. The van der Waals surface area contributed by atoms with Gasteiger partial charge in [-0.25, -0.2) is 0 Å². The maximum Gasteiger partial charge on any atom is 0.138 e. The van der Waals surface area contributed by atoms with Crippen LogP contribution in [0.1, 0.15) is 24.8 Å². The minimum absolute atomic E-state index is 0.240. The van der Waals surface area contributed by atoms with Crippen LogP contribution in [0.15, 0.2) is 18.2 Å². The van der Waals surface area contributed by atoms with Gasteiger partial charge in [-0.05, 0) is 50.4 Å². The molecule has 2 N–H and O–H groups in total. The highest BCUT2D eigenvalue weighted by molar-refractivity contribution is 6.32. The van der Waals surface area contributed by atoms with Crippen molar-refractivity contribution in [2.75, 3.05) is 6.54 Å². The summed E-state index contributed by atoms with van der Waals surface area (Å²) >= 11 is 6.11. The summed E-state index contributed by atoms with van der Waals surface area (Å²) < 4.78 is 5.98. The molecule has 1 fully saturated rings. The van der Waals surface area contributed by atoms with Crippen molar-refractivity contribution in [2.24, 2.45) is 11.7 Å². The third-order valence-corrected chi connectivity index (χ3v) is 3.57. The van der Waals surface area contributed by atoms with Crippen molar-refractivity contribution in [2.45, 2.75) is 32.3 Å². The molecule has 3 heteroatoms. The molecule has 0 aliphatic heterocycles. The standard InChI is InChI=1S/C13H18ClNO/c1-9-5-6-11(14)13(7-9)16-12-4-2-3-10(12)8-15/h5-7,10,12H,2-4,8,15H2,1H3. The van der Waals surface area contributed by atoms with Crippen LogP contribution in [0.4, 0.5) is 0 Å². The van der Waals surface area contributed by atoms with E-state index in [1.807, 2.05) is 25.1 Å². The van der Waals surface area contributed by atoms with Gasteiger partial charge in [-0.3, -0.25) is 0 Å². The van der Waals surface area contributed by atoms with Crippen molar-refractivity contribution < 1.29 is 4.74 Å². The number of hydrogen-bond donors (Lipinski definition) is 1. The highest BCUT2D eigenvalue weighted by Crippen LogP contribution is 2.32. The van der Waals surface area contributed by atoms with Crippen LogP contribution in [0, 0.1) is 12.8 Å². The van der Waals surface area contributed by atoms with E-state index in [4.69, 9.17) is 22.1 Å². The van der Waals surface area contributed by atoms with E-state index in [1.54, 1.807) is 0 Å². The quantitative estimate of drug-likeness (QED) is 0.880. The molecule has 1 aromatic carbocycles. The summed E-state index contributed by atoms with van der Waals surface area (Å²) in [5.74, 6) is 1.28. The van der Waals surface area contributed by atoms with Crippen LogP contribution in [0.25, 0.3) is 0 Å². The summed E-state index contributed by atoms with van der Waals surface area (Å²) in [7, 11) is 0. The third-order valence-electron chi connectivity index (χ3n) is 3.26. The molecule has 2 unspecified atom stereocenters. The molecular weight excluding hydrogens is 222 g/mol. The normalized spacial score (nSPS) is 24.7. The third kappa shape index (κ3) is 2.50. The molecule has 2 nitrogen and oxygen atoms in total. The summed E-state index contributed by atoms with van der Waals surface area (Å²) in [5, 5.41) is 0.688. The van der Waals surface area contributed by atoms with Gasteiger partial charge in [0.2, 0.25) is 0 Å². The number of hydrogen-bond acceptors (Lipinski definition) is 2. The van der Waals surface area contributed by atoms with Crippen molar-refractivity contribution >= 4 is 11.6 Å². The van der Waals surface area contributed by atoms with Crippen LogP contribution in [-0.2, 0) is 0 Å². The molecular formula is C13H18ClNO. The first-order valence-electron chi connectivity index (χ1n) is 5.83. The summed E-state index contributed by atoms with van der Waals surface area (Å²) in [6, 6.07) is 5.87. The van der Waals surface area contributed by atoms with Crippen LogP contribution in [0.3, 0.4) is 0 Å². The van der Waals surface area contributed by atoms with E-state index in [0.717, 1.165) is 12.2 Å². The van der Waals surface area contributed by atoms with Gasteiger partial charge in [-0.1, -0.05) is 17.7 Å². The molecule has 0 radical (unpaired) electrons. The minimum Gasteiger partial charge on any atom is -0.489 e. The number of ether oxygens (including phenoxy) is 1. The fourth-order valence-electron chi connectivity index (χ4n) is 2.29. The predicted octanol–water partition coefficient (Wildman–Crippen LogP) is 3.15. The largest absolute Gasteiger partial charge is 0.489 e. The van der Waals surface area contributed by atoms with Crippen molar-refractivity contribution in [1.29, 1.82) is 0 Å². The first-order valence-corrected chi connectivity index (χ1v) is 6.21. The number of benzene rings is 1. The fraction of sp³-hybridized carbons (Fsp3) is 0.538. The molecule has 0 saturated heterocycles. The number of aryl methyl sites for hydroxylation is 1. The summed E-state index contributed by atoms with van der Waals surface area (Å²) in [4.78, 5) is 0. The maximum absolute atomic E-state index is 6.11. The average Bonchev–Trinajstić information content (AvgIpc) is 2.71. The molecule has 1 aliphatic carbocycles. The lowest BCUT2D eigenvalue weighted by atomic mass is 10.1. The molecule has 0 spiro atoms. The summed E-state index contributed by atoms with van der Waals surface area (Å²) in [5.41, 5.74) is 6.90. The van der Waals surface area contributed by atoms with Gasteiger partial charge in [0.25, 0.3) is 0 Å². The summed E-state index contributed by atoms with van der Waals surface area (Å²) in [6.07, 6.45) is 3.71. The Bertz CT molecular complexity index is 367. The molecule has 88 valence electrons. The van der Waals surface area contributed by atoms with E-state index < -0.39 is 0 Å². The Kier molecular flexibility index (Phi) is 3.72. The summed E-state index contributed by atoms with van der Waals surface area (Å²) in [6.45, 7) is 2.74. The molecule has 1 saturated carbocycles. The number of rotatable bonds is 3. The van der Waals surface area contributed by atoms with E-state index in [9.17, 15) is 0 Å². The van der Waals surface area contributed by atoms with E-state index in [1.165, 1.54) is 18.4 Å². The zero-order valence-corrected chi connectivity index (χ0v) is 10.3. The average molecular weight is 240 g/mol. The first-order chi connectivity index (χ1) is 7.70. The Balaban J connectivity index is 2.11. The molecule has 0 heterocycles. The topological polar surface area (TPSA) is 35.2 Å². The van der Waals surface area contributed by atoms with Gasteiger partial charge in [-0.2, -0.15) is 0 Å². The van der Waals surface area contributed by atoms with E-state index in [0.29, 0.717) is 17.5 Å². The number of halogens is 1. The molecule has 2 rings (SSSR count). The first kappa shape index (κ1) is 11.7. The molecule has 2 atom stereocenters. The minimum atomic E-state index is 0.240. The van der Waals surface area contributed by atoms with Gasteiger partial charge >= 0.3 is 0 Å². The van der Waals surface area contributed by atoms with Gasteiger partial charge in [0.05, 0.1) is 5.02 Å². The van der Waals surface area contributed by atoms with Crippen LogP contribution in [-0.4, -0.2) is 12.6 Å². The molecule has 16 heavy (non-hydrogen) atoms. The van der Waals surface area contributed by atoms with E-state index in [-0.39, 0.29) is 6.10 Å². The van der Waals surface area contributed by atoms with Gasteiger partial charge in [0.15, 0.2) is 0 Å². The second kappa shape index (κ2) is 5.07. The lowest BCUT2D eigenvalue weighted by Crippen LogP contribution is -2.27. The SMILES string of the molecule is Cc1ccc(Cl)c(OC2CCCC2CN)c1. The Morgan fingerprint density at radius 3 is 3.00 bits per heavy atom. The van der Waals surface area contributed by atoms with Gasteiger partial charge < -0.3 is 10.5 Å². The fourth-order valence-corrected chi connectivity index (χ4v) is 2.45. The Morgan fingerprint density at radius 2 is 2.25 bits per heavy atom. The molecule has 0 amide bonds. The lowest BCUT2D eigenvalue weighted by Gasteiger charge is -2.20. The lowest BCUT2D eigenvalue weighted by molar-refractivity contribution is 0.162. The zero-order valence-electron chi connectivity index (χ0n) is 9.58. The Labute approximate surface area is 102 Å². The van der Waals surface area contributed by atoms with Crippen molar-refractivity contribution in [3.05, 3.63) is 28.8 Å². The van der Waals surface area contributed by atoms with E-state index in [2.05, 4.69) is 0 Å². The number of nitrogens with two attached hydrogens (primary N) is 1. The Morgan fingerprint density at radius 1 is 1.44 bits per heavy atom. The molecule has 0 bridgehead atoms. The van der Waals surface area contributed by atoms with Crippen LogP contribution in [0.2, 0.25) is 5.02 Å². The van der Waals surface area contributed by atoms with Gasteiger partial charge in [0, 0.05) is 5.92 Å². The van der Waals surface area contributed by atoms with Crippen LogP contribution in [0.5, 0.6) is 5.75 Å².